The predicted molar refractivity (Wildman–Crippen MR) is 78.8 cm³/mol. The molecule has 2 heterocycles. The molecule has 1 aliphatic rings. The Hall–Kier alpha value is -2.78. The number of pyridine rings is 1. The van der Waals surface area contributed by atoms with Crippen molar-refractivity contribution in [2.45, 2.75) is 6.42 Å². The molecular weight excluding hydrogens is 290 g/mol. The quantitative estimate of drug-likeness (QED) is 0.829. The molecule has 1 aromatic carbocycles. The molecule has 5 N–H and O–H groups in total. The van der Waals surface area contributed by atoms with Gasteiger partial charge in [0.2, 0.25) is 11.6 Å². The fourth-order valence-electron chi connectivity index (χ4n) is 2.40. The largest absolute Gasteiger partial charge is 0.397 e. The summed E-state index contributed by atoms with van der Waals surface area (Å²) in [4.78, 5) is 16.6. The van der Waals surface area contributed by atoms with E-state index in [0.29, 0.717) is 22.1 Å². The summed E-state index contributed by atoms with van der Waals surface area (Å²) in [6.07, 6.45) is 0.120. The average molecular weight is 301 g/mol. The topological polar surface area (TPSA) is 110 Å². The zero-order chi connectivity index (χ0) is 15.1. The van der Waals surface area contributed by atoms with Crippen LogP contribution in [0.5, 0.6) is 0 Å². The van der Waals surface area contributed by atoms with Crippen LogP contribution >= 0.6 is 11.6 Å². The number of nitrogens with one attached hydrogen (secondary N) is 1. The molecule has 0 saturated heterocycles. The minimum Gasteiger partial charge on any atom is -0.397 e. The van der Waals surface area contributed by atoms with Crippen LogP contribution in [-0.2, 0) is 11.2 Å². The molecule has 1 aliphatic heterocycles. The Morgan fingerprint density at radius 3 is 2.57 bits per heavy atom. The van der Waals surface area contributed by atoms with Crippen molar-refractivity contribution in [2.75, 3.05) is 16.4 Å². The number of nitrogen functional groups attached to an aromatic ring is 2. The number of halogens is 1. The molecule has 0 spiro atoms. The molecule has 0 atom stereocenters. The summed E-state index contributed by atoms with van der Waals surface area (Å²) in [5, 5.41) is 9.64. The van der Waals surface area contributed by atoms with Gasteiger partial charge in [-0.15, -0.1) is 0 Å². The molecule has 6 nitrogen and oxygen atoms in total. The second-order valence-corrected chi connectivity index (χ2v) is 5.09. The lowest BCUT2D eigenvalue weighted by molar-refractivity contribution is -0.344. The van der Waals surface area contributed by atoms with Crippen LogP contribution in [0.25, 0.3) is 0 Å². The van der Waals surface area contributed by atoms with Gasteiger partial charge in [-0.2, -0.15) is 10.2 Å². The number of carbonyl (C=O) groups excluding carboxylic acids is 1. The lowest BCUT2D eigenvalue weighted by Crippen LogP contribution is -2.27. The maximum atomic E-state index is 12.3. The number of H-pyrrole nitrogens is 1. The molecule has 0 radical (unpaired) electrons. The Morgan fingerprint density at radius 1 is 1.29 bits per heavy atom. The molecule has 104 valence electrons. The summed E-state index contributed by atoms with van der Waals surface area (Å²) in [5.41, 5.74) is 13.4. The van der Waals surface area contributed by atoms with Gasteiger partial charge in [0, 0.05) is 5.02 Å². The number of hydrogen-bond acceptors (Lipinski definition) is 4. The van der Waals surface area contributed by atoms with E-state index in [1.807, 2.05) is 6.07 Å². The van der Waals surface area contributed by atoms with Gasteiger partial charge in [0.05, 0.1) is 17.7 Å². The Kier molecular flexibility index (Phi) is 2.92. The first-order valence-electron chi connectivity index (χ1n) is 6.14. The number of aromatic amines is 1. The second-order valence-electron chi connectivity index (χ2n) is 4.65. The Labute approximate surface area is 125 Å². The van der Waals surface area contributed by atoms with E-state index in [4.69, 9.17) is 28.3 Å². The van der Waals surface area contributed by atoms with Crippen LogP contribution in [0.2, 0.25) is 5.02 Å². The average Bonchev–Trinajstić information content (AvgIpc) is 2.77. The zero-order valence-electron chi connectivity index (χ0n) is 10.9. The highest BCUT2D eigenvalue weighted by molar-refractivity contribution is 6.30. The highest BCUT2D eigenvalue weighted by Gasteiger charge is 2.38. The minimum absolute atomic E-state index is 0.120. The summed E-state index contributed by atoms with van der Waals surface area (Å²) >= 11 is 5.86. The first-order chi connectivity index (χ1) is 10.0. The molecule has 0 unspecified atom stereocenters. The molecule has 7 heteroatoms. The number of nitrogens with zero attached hydrogens (tertiary/aromatic N) is 2. The second kappa shape index (κ2) is 4.65. The number of aromatic nitrogens is 1. The van der Waals surface area contributed by atoms with Crippen LogP contribution in [0.15, 0.2) is 24.3 Å². The van der Waals surface area contributed by atoms with E-state index >= 15 is 0 Å². The highest BCUT2D eigenvalue weighted by atomic mass is 35.5. The summed E-state index contributed by atoms with van der Waals surface area (Å²) in [6, 6.07) is 8.79. The summed E-state index contributed by atoms with van der Waals surface area (Å²) in [5.74, 6) is 0.489. The summed E-state index contributed by atoms with van der Waals surface area (Å²) in [7, 11) is 0. The van der Waals surface area contributed by atoms with Crippen molar-refractivity contribution in [1.29, 1.82) is 5.26 Å². The third-order valence-corrected chi connectivity index (χ3v) is 3.65. The Morgan fingerprint density at radius 2 is 1.95 bits per heavy atom. The molecule has 1 aromatic heterocycles. The lowest BCUT2D eigenvalue weighted by atomic mass is 10.1. The van der Waals surface area contributed by atoms with Gasteiger partial charge < -0.3 is 11.5 Å². The van der Waals surface area contributed by atoms with Crippen LogP contribution in [0.1, 0.15) is 11.1 Å². The van der Waals surface area contributed by atoms with Gasteiger partial charge in [0.1, 0.15) is 17.3 Å². The maximum Gasteiger partial charge on any atom is 0.292 e. The zero-order valence-corrected chi connectivity index (χ0v) is 11.6. The number of nitriles is 1. The van der Waals surface area contributed by atoms with Gasteiger partial charge in [-0.3, -0.25) is 4.79 Å². The van der Waals surface area contributed by atoms with Crippen molar-refractivity contribution in [2.24, 2.45) is 0 Å². The predicted octanol–water partition coefficient (Wildman–Crippen LogP) is 1.41. The van der Waals surface area contributed by atoms with E-state index in [1.54, 1.807) is 24.3 Å². The fraction of sp³-hybridized carbons (Fsp3) is 0.0714. The van der Waals surface area contributed by atoms with Crippen molar-refractivity contribution in [3.63, 3.8) is 0 Å². The van der Waals surface area contributed by atoms with Crippen molar-refractivity contribution < 1.29 is 9.78 Å². The molecule has 3 rings (SSSR count). The van der Waals surface area contributed by atoms with Gasteiger partial charge in [0.15, 0.2) is 0 Å². The molecule has 0 fully saturated rings. The third-order valence-electron chi connectivity index (χ3n) is 3.40. The SMILES string of the molecule is N#Cc1c(N)[nH+]c2c(c1N)CC(=O)N2c1ccc(Cl)cc1. The molecule has 0 bridgehead atoms. The monoisotopic (exact) mass is 300 g/mol. The van der Waals surface area contributed by atoms with Crippen LogP contribution in [0.3, 0.4) is 0 Å². The number of rotatable bonds is 1. The van der Waals surface area contributed by atoms with Gasteiger partial charge >= 0.3 is 0 Å². The van der Waals surface area contributed by atoms with Gasteiger partial charge in [-0.1, -0.05) is 11.6 Å². The molecule has 21 heavy (non-hydrogen) atoms. The molecule has 0 aliphatic carbocycles. The van der Waals surface area contributed by atoms with E-state index < -0.39 is 0 Å². The summed E-state index contributed by atoms with van der Waals surface area (Å²) in [6.45, 7) is 0. The molecular formula is C14H11ClN5O+. The minimum atomic E-state index is -0.148. The van der Waals surface area contributed by atoms with Gasteiger partial charge in [-0.25, -0.2) is 4.98 Å². The van der Waals surface area contributed by atoms with Crippen molar-refractivity contribution in [1.82, 2.24) is 0 Å². The first kappa shape index (κ1) is 13.2. The number of amides is 1. The van der Waals surface area contributed by atoms with Crippen LogP contribution in [-0.4, -0.2) is 5.91 Å². The normalized spacial score (nSPS) is 13.1. The van der Waals surface area contributed by atoms with Crippen molar-refractivity contribution in [3.8, 4) is 6.07 Å². The Bertz CT molecular complexity index is 794. The number of hydrogen-bond donors (Lipinski definition) is 2. The van der Waals surface area contributed by atoms with Crippen LogP contribution < -0.4 is 21.4 Å². The first-order valence-corrected chi connectivity index (χ1v) is 6.52. The molecule has 0 saturated carbocycles. The number of fused-ring (bicyclic) bond motifs is 1. The van der Waals surface area contributed by atoms with E-state index in [1.165, 1.54) is 4.90 Å². The van der Waals surface area contributed by atoms with Gasteiger partial charge in [-0.05, 0) is 24.3 Å². The number of anilines is 4. The maximum absolute atomic E-state index is 12.3. The van der Waals surface area contributed by atoms with E-state index in [2.05, 4.69) is 4.98 Å². The molecule has 2 aromatic rings. The molecule has 1 amide bonds. The van der Waals surface area contributed by atoms with Crippen molar-refractivity contribution in [3.05, 3.63) is 40.4 Å². The van der Waals surface area contributed by atoms with E-state index in [-0.39, 0.29) is 29.4 Å². The smallest absolute Gasteiger partial charge is 0.292 e. The van der Waals surface area contributed by atoms with Crippen LogP contribution in [0, 0.1) is 11.3 Å². The Balaban J connectivity index is 2.19. The number of nitrogens with two attached hydrogens (primary N) is 2. The number of carbonyl (C=O) groups is 1. The highest BCUT2D eigenvalue weighted by Crippen LogP contribution is 2.37. The van der Waals surface area contributed by atoms with Gasteiger partial charge in [0.25, 0.3) is 5.91 Å². The van der Waals surface area contributed by atoms with E-state index in [9.17, 15) is 4.79 Å². The summed E-state index contributed by atoms with van der Waals surface area (Å²) < 4.78 is 0. The van der Waals surface area contributed by atoms with Crippen molar-refractivity contribution >= 4 is 40.5 Å². The van der Waals surface area contributed by atoms with Crippen LogP contribution in [0.4, 0.5) is 23.0 Å². The van der Waals surface area contributed by atoms with E-state index in [0.717, 1.165) is 0 Å². The number of benzene rings is 1. The standard InChI is InChI=1S/C14H10ClN5O/c15-7-1-3-8(4-2-7)20-11(21)5-9-12(17)10(6-16)13(18)19-14(9)20/h1-4H,5H2,(H4,17,18,19)/p+1. The fourth-order valence-corrected chi connectivity index (χ4v) is 2.52. The lowest BCUT2D eigenvalue weighted by Gasteiger charge is -2.12. The third kappa shape index (κ3) is 1.95.